The molecule has 196 valence electrons. The second-order valence-corrected chi connectivity index (χ2v) is 9.59. The van der Waals surface area contributed by atoms with Gasteiger partial charge in [0.25, 0.3) is 24.3 Å². The van der Waals surface area contributed by atoms with E-state index in [0.29, 0.717) is 6.42 Å². The van der Waals surface area contributed by atoms with Crippen LogP contribution in [0.5, 0.6) is 0 Å². The Balaban J connectivity index is 1.64. The van der Waals surface area contributed by atoms with Gasteiger partial charge in [0.15, 0.2) is 0 Å². The first-order valence-corrected chi connectivity index (χ1v) is 12.0. The number of likely N-dealkylation sites (tertiary alicyclic amines) is 1. The van der Waals surface area contributed by atoms with Crippen LogP contribution in [0.25, 0.3) is 0 Å². The highest BCUT2D eigenvalue weighted by Crippen LogP contribution is 2.43. The second kappa shape index (κ2) is 10.6. The van der Waals surface area contributed by atoms with E-state index >= 15 is 0 Å². The molecule has 2 heterocycles. The van der Waals surface area contributed by atoms with Gasteiger partial charge in [-0.25, -0.2) is 22.0 Å². The highest BCUT2D eigenvalue weighted by molar-refractivity contribution is 5.99. The van der Waals surface area contributed by atoms with E-state index in [1.807, 2.05) is 7.05 Å². The SMILES string of the molecule is CN1CCC(Nc2cc(=O)n(C3(C(F)F)CCC3)cc2C(=O)NCc2cccc(C(F)F)c2F)CC1. The first-order chi connectivity index (χ1) is 17.1. The molecule has 1 aliphatic heterocycles. The summed E-state index contributed by atoms with van der Waals surface area (Å²) in [6.07, 6.45) is -2.39. The van der Waals surface area contributed by atoms with Crippen LogP contribution < -0.4 is 16.2 Å². The molecular formula is C25H29F5N4O2. The Morgan fingerprint density at radius 2 is 1.86 bits per heavy atom. The minimum Gasteiger partial charge on any atom is -0.381 e. The molecule has 4 rings (SSSR count). The van der Waals surface area contributed by atoms with E-state index in [2.05, 4.69) is 15.5 Å². The molecule has 0 bridgehead atoms. The fourth-order valence-corrected chi connectivity index (χ4v) is 4.83. The number of rotatable bonds is 8. The molecule has 0 radical (unpaired) electrons. The standard InChI is InChI=1S/C25H29F5N4O2/c1-33-10-6-16(7-11-33)32-19-12-20(35)34(25(24(29)30)8-3-9-25)14-18(19)23(36)31-13-15-4-2-5-17(21(15)26)22(27)28/h2,4-5,12,14,16,22,24,32H,3,6-11,13H2,1H3,(H,31,36). The molecule has 0 atom stereocenters. The fourth-order valence-electron chi connectivity index (χ4n) is 4.83. The topological polar surface area (TPSA) is 66.4 Å². The van der Waals surface area contributed by atoms with E-state index in [1.54, 1.807) is 0 Å². The average Bonchev–Trinajstić information content (AvgIpc) is 2.79. The third kappa shape index (κ3) is 5.11. The van der Waals surface area contributed by atoms with Crippen molar-refractivity contribution in [1.82, 2.24) is 14.8 Å². The molecule has 1 aromatic carbocycles. The zero-order valence-corrected chi connectivity index (χ0v) is 19.9. The Hall–Kier alpha value is -2.95. The summed E-state index contributed by atoms with van der Waals surface area (Å²) >= 11 is 0. The maximum atomic E-state index is 14.4. The van der Waals surface area contributed by atoms with Crippen molar-refractivity contribution in [3.63, 3.8) is 0 Å². The number of piperidine rings is 1. The molecule has 2 N–H and O–H groups in total. The Bertz CT molecular complexity index is 1160. The number of amides is 1. The van der Waals surface area contributed by atoms with Gasteiger partial charge in [0.2, 0.25) is 0 Å². The number of nitrogens with zero attached hydrogens (tertiary/aromatic N) is 2. The minimum atomic E-state index is -3.01. The number of alkyl halides is 4. The number of aromatic nitrogens is 1. The molecule has 2 aromatic rings. The lowest BCUT2D eigenvalue weighted by Crippen LogP contribution is -2.51. The summed E-state index contributed by atoms with van der Waals surface area (Å²) in [5.74, 6) is -1.85. The number of carbonyl (C=O) groups excluding carboxylic acids is 1. The van der Waals surface area contributed by atoms with Crippen molar-refractivity contribution in [1.29, 1.82) is 0 Å². The van der Waals surface area contributed by atoms with Gasteiger partial charge in [-0.3, -0.25) is 9.59 Å². The quantitative estimate of drug-likeness (QED) is 0.511. The Labute approximate surface area is 205 Å². The first-order valence-electron chi connectivity index (χ1n) is 12.0. The number of carbonyl (C=O) groups is 1. The molecule has 1 aliphatic carbocycles. The van der Waals surface area contributed by atoms with E-state index < -0.39 is 47.8 Å². The highest BCUT2D eigenvalue weighted by Gasteiger charge is 2.48. The van der Waals surface area contributed by atoms with Crippen LogP contribution in [0.1, 0.15) is 60.0 Å². The molecule has 6 nitrogen and oxygen atoms in total. The van der Waals surface area contributed by atoms with Gasteiger partial charge in [0.05, 0.1) is 16.8 Å². The van der Waals surface area contributed by atoms with Crippen molar-refractivity contribution in [2.45, 2.75) is 63.1 Å². The van der Waals surface area contributed by atoms with E-state index in [1.165, 1.54) is 12.1 Å². The minimum absolute atomic E-state index is 0.0315. The van der Waals surface area contributed by atoms with Crippen molar-refractivity contribution >= 4 is 11.6 Å². The van der Waals surface area contributed by atoms with Crippen molar-refractivity contribution in [2.24, 2.45) is 0 Å². The molecule has 1 aromatic heterocycles. The molecule has 2 fully saturated rings. The van der Waals surface area contributed by atoms with Crippen LogP contribution in [-0.2, 0) is 12.1 Å². The lowest BCUT2D eigenvalue weighted by molar-refractivity contribution is -0.0504. The molecule has 1 amide bonds. The number of nitrogens with one attached hydrogen (secondary N) is 2. The number of pyridine rings is 1. The Kier molecular flexibility index (Phi) is 7.67. The summed E-state index contributed by atoms with van der Waals surface area (Å²) in [6, 6.07) is 4.64. The normalized spacial score (nSPS) is 18.3. The van der Waals surface area contributed by atoms with E-state index in [4.69, 9.17) is 0 Å². The summed E-state index contributed by atoms with van der Waals surface area (Å²) in [6.45, 7) is 1.23. The van der Waals surface area contributed by atoms with Gasteiger partial charge in [0, 0.05) is 30.4 Å². The van der Waals surface area contributed by atoms with Crippen molar-refractivity contribution in [2.75, 3.05) is 25.5 Å². The molecule has 36 heavy (non-hydrogen) atoms. The highest BCUT2D eigenvalue weighted by atomic mass is 19.3. The van der Waals surface area contributed by atoms with E-state index in [0.717, 1.165) is 48.8 Å². The summed E-state index contributed by atoms with van der Waals surface area (Å²) in [7, 11) is 1.99. The van der Waals surface area contributed by atoms with Gasteiger partial charge < -0.3 is 20.1 Å². The van der Waals surface area contributed by atoms with Gasteiger partial charge in [0.1, 0.15) is 11.4 Å². The van der Waals surface area contributed by atoms with Gasteiger partial charge in [-0.1, -0.05) is 18.2 Å². The molecule has 1 saturated carbocycles. The van der Waals surface area contributed by atoms with Crippen LogP contribution in [0.15, 0.2) is 35.3 Å². The summed E-state index contributed by atoms with van der Waals surface area (Å²) in [4.78, 5) is 28.3. The summed E-state index contributed by atoms with van der Waals surface area (Å²) < 4.78 is 69.4. The van der Waals surface area contributed by atoms with Crippen LogP contribution in [0.4, 0.5) is 27.6 Å². The lowest BCUT2D eigenvalue weighted by Gasteiger charge is -2.42. The molecular weight excluding hydrogens is 483 g/mol. The molecule has 11 heteroatoms. The first kappa shape index (κ1) is 26.1. The molecule has 2 aliphatic rings. The fraction of sp³-hybridized carbons (Fsp3) is 0.520. The van der Waals surface area contributed by atoms with Gasteiger partial charge >= 0.3 is 0 Å². The van der Waals surface area contributed by atoms with Crippen LogP contribution in [-0.4, -0.2) is 48.0 Å². The van der Waals surface area contributed by atoms with E-state index in [-0.39, 0.29) is 35.7 Å². The summed E-state index contributed by atoms with van der Waals surface area (Å²) in [5, 5.41) is 5.70. The number of halogens is 5. The van der Waals surface area contributed by atoms with Crippen molar-refractivity contribution in [3.8, 4) is 0 Å². The predicted molar refractivity (Wildman–Crippen MR) is 125 cm³/mol. The third-order valence-corrected chi connectivity index (χ3v) is 7.26. The van der Waals surface area contributed by atoms with Crippen LogP contribution in [0.3, 0.4) is 0 Å². The largest absolute Gasteiger partial charge is 0.381 e. The lowest BCUT2D eigenvalue weighted by atomic mass is 9.76. The smallest absolute Gasteiger partial charge is 0.266 e. The maximum absolute atomic E-state index is 14.4. The number of hydrogen-bond acceptors (Lipinski definition) is 4. The Morgan fingerprint density at radius 1 is 1.17 bits per heavy atom. The van der Waals surface area contributed by atoms with Gasteiger partial charge in [-0.2, -0.15) is 0 Å². The Morgan fingerprint density at radius 3 is 2.44 bits per heavy atom. The number of benzene rings is 1. The zero-order valence-electron chi connectivity index (χ0n) is 19.9. The summed E-state index contributed by atoms with van der Waals surface area (Å²) in [5.41, 5.74) is -3.06. The molecule has 1 saturated heterocycles. The van der Waals surface area contributed by atoms with Crippen LogP contribution >= 0.6 is 0 Å². The maximum Gasteiger partial charge on any atom is 0.266 e. The molecule has 0 unspecified atom stereocenters. The molecule has 0 spiro atoms. The van der Waals surface area contributed by atoms with Crippen molar-refractivity contribution in [3.05, 3.63) is 63.3 Å². The van der Waals surface area contributed by atoms with Crippen LogP contribution in [0.2, 0.25) is 0 Å². The van der Waals surface area contributed by atoms with Crippen molar-refractivity contribution < 1.29 is 26.7 Å². The zero-order chi connectivity index (χ0) is 26.0. The number of anilines is 1. The third-order valence-electron chi connectivity index (χ3n) is 7.26. The van der Waals surface area contributed by atoms with Gasteiger partial charge in [-0.15, -0.1) is 0 Å². The number of hydrogen-bond donors (Lipinski definition) is 2. The predicted octanol–water partition coefficient (Wildman–Crippen LogP) is 4.51. The van der Waals surface area contributed by atoms with Crippen LogP contribution in [0, 0.1) is 5.82 Å². The monoisotopic (exact) mass is 512 g/mol. The average molecular weight is 513 g/mol. The van der Waals surface area contributed by atoms with Gasteiger partial charge in [-0.05, 0) is 52.2 Å². The van der Waals surface area contributed by atoms with E-state index in [9.17, 15) is 31.5 Å². The second-order valence-electron chi connectivity index (χ2n) is 9.59.